The highest BCUT2D eigenvalue weighted by Gasteiger charge is 2.04. The van der Waals surface area contributed by atoms with Crippen LogP contribution in [0.15, 0.2) is 48.5 Å². The summed E-state index contributed by atoms with van der Waals surface area (Å²) in [6.45, 7) is 3.89. The molecule has 0 saturated heterocycles. The average Bonchev–Trinajstić information content (AvgIpc) is 2.40. The fourth-order valence-corrected chi connectivity index (χ4v) is 2.18. The van der Waals surface area contributed by atoms with Crippen molar-refractivity contribution in [1.29, 1.82) is 0 Å². The predicted octanol–water partition coefficient (Wildman–Crippen LogP) is 4.22. The lowest BCUT2D eigenvalue weighted by atomic mass is 10.0. The van der Waals surface area contributed by atoms with Gasteiger partial charge in [-0.25, -0.2) is 4.98 Å². The molecule has 0 unspecified atom stereocenters. The van der Waals surface area contributed by atoms with Crippen LogP contribution >= 0.6 is 0 Å². The molecule has 3 aromatic rings. The van der Waals surface area contributed by atoms with E-state index in [2.05, 4.69) is 48.3 Å². The van der Waals surface area contributed by atoms with Gasteiger partial charge in [-0.05, 0) is 37.1 Å². The Kier molecular flexibility index (Phi) is 2.71. The molecule has 0 radical (unpaired) electrons. The van der Waals surface area contributed by atoms with Crippen LogP contribution in [0.4, 0.5) is 0 Å². The van der Waals surface area contributed by atoms with Crippen LogP contribution in [0.5, 0.6) is 5.75 Å². The highest BCUT2D eigenvalue weighted by Crippen LogP contribution is 2.26. The van der Waals surface area contributed by atoms with Crippen LogP contribution in [-0.2, 0) is 0 Å². The normalized spacial score (nSPS) is 10.8. The molecule has 3 rings (SSSR count). The second-order valence-electron chi connectivity index (χ2n) is 4.87. The van der Waals surface area contributed by atoms with Crippen LogP contribution < -0.4 is 0 Å². The Morgan fingerprint density at radius 3 is 2.26 bits per heavy atom. The molecule has 0 amide bonds. The van der Waals surface area contributed by atoms with Gasteiger partial charge in [0.25, 0.3) is 0 Å². The Bertz CT molecular complexity index is 745. The van der Waals surface area contributed by atoms with Crippen molar-refractivity contribution in [3.05, 3.63) is 59.8 Å². The van der Waals surface area contributed by atoms with Crippen molar-refractivity contribution >= 4 is 10.9 Å². The van der Waals surface area contributed by atoms with Crippen LogP contribution in [-0.4, -0.2) is 10.1 Å². The lowest BCUT2D eigenvalue weighted by Crippen LogP contribution is -1.86. The van der Waals surface area contributed by atoms with E-state index in [1.165, 1.54) is 11.1 Å². The Morgan fingerprint density at radius 1 is 0.842 bits per heavy atom. The van der Waals surface area contributed by atoms with E-state index < -0.39 is 0 Å². The number of aromatic hydroxyl groups is 1. The first-order valence-electron chi connectivity index (χ1n) is 6.31. The molecule has 0 aliphatic rings. The molecule has 94 valence electrons. The molecule has 0 saturated carbocycles. The van der Waals surface area contributed by atoms with Crippen molar-refractivity contribution in [2.45, 2.75) is 13.8 Å². The van der Waals surface area contributed by atoms with Crippen LogP contribution in [0.2, 0.25) is 0 Å². The highest BCUT2D eigenvalue weighted by molar-refractivity contribution is 5.85. The summed E-state index contributed by atoms with van der Waals surface area (Å²) in [7, 11) is 0. The zero-order valence-corrected chi connectivity index (χ0v) is 11.0. The number of benzene rings is 2. The smallest absolute Gasteiger partial charge is 0.137 e. The van der Waals surface area contributed by atoms with Gasteiger partial charge < -0.3 is 5.11 Å². The van der Waals surface area contributed by atoms with E-state index in [0.717, 1.165) is 16.5 Å². The number of fused-ring (bicyclic) bond motifs is 1. The van der Waals surface area contributed by atoms with Gasteiger partial charge in [0, 0.05) is 5.39 Å². The maximum Gasteiger partial charge on any atom is 0.137 e. The van der Waals surface area contributed by atoms with E-state index in [4.69, 9.17) is 0 Å². The third kappa shape index (κ3) is 2.17. The van der Waals surface area contributed by atoms with E-state index in [0.29, 0.717) is 5.69 Å². The second kappa shape index (κ2) is 4.39. The maximum atomic E-state index is 9.67. The molecule has 0 aliphatic carbocycles. The fraction of sp³-hybridized carbons (Fsp3) is 0.118. The molecule has 1 heterocycles. The summed E-state index contributed by atoms with van der Waals surface area (Å²) in [5.74, 6) is 0.246. The molecular formula is C17H15NO. The molecular weight excluding hydrogens is 234 g/mol. The number of pyridine rings is 1. The molecule has 2 nitrogen and oxygen atoms in total. The number of hydrogen-bond acceptors (Lipinski definition) is 2. The Hall–Kier alpha value is -2.35. The zero-order chi connectivity index (χ0) is 13.4. The van der Waals surface area contributed by atoms with Crippen LogP contribution in [0.25, 0.3) is 22.0 Å². The Labute approximate surface area is 112 Å². The largest absolute Gasteiger partial charge is 0.506 e. The number of aryl methyl sites for hydroxylation is 2. The molecule has 19 heavy (non-hydrogen) atoms. The quantitative estimate of drug-likeness (QED) is 0.700. The molecule has 1 aromatic heterocycles. The number of rotatable bonds is 1. The van der Waals surface area contributed by atoms with Crippen LogP contribution in [0.3, 0.4) is 0 Å². The lowest BCUT2D eigenvalue weighted by molar-refractivity contribution is 0.469. The second-order valence-corrected chi connectivity index (χ2v) is 4.87. The summed E-state index contributed by atoms with van der Waals surface area (Å²) >= 11 is 0. The monoisotopic (exact) mass is 249 g/mol. The van der Waals surface area contributed by atoms with Gasteiger partial charge in [0.05, 0.1) is 11.2 Å². The third-order valence-electron chi connectivity index (χ3n) is 3.37. The Morgan fingerprint density at radius 2 is 1.53 bits per heavy atom. The van der Waals surface area contributed by atoms with E-state index in [1.54, 1.807) is 6.07 Å². The molecule has 2 heteroatoms. The summed E-state index contributed by atoms with van der Waals surface area (Å²) in [6.07, 6.45) is 0. The minimum absolute atomic E-state index is 0.246. The van der Waals surface area contributed by atoms with Gasteiger partial charge in [-0.2, -0.15) is 0 Å². The molecule has 1 N–H and O–H groups in total. The summed E-state index contributed by atoms with van der Waals surface area (Å²) in [5, 5.41) is 10.6. The van der Waals surface area contributed by atoms with Crippen LogP contribution in [0.1, 0.15) is 11.3 Å². The predicted molar refractivity (Wildman–Crippen MR) is 78.3 cm³/mol. The molecule has 0 fully saturated rings. The first-order valence-corrected chi connectivity index (χ1v) is 6.31. The minimum Gasteiger partial charge on any atom is -0.506 e. The van der Waals surface area contributed by atoms with Gasteiger partial charge in [-0.15, -0.1) is 0 Å². The number of hydrogen-bond donors (Lipinski definition) is 1. The van der Waals surface area contributed by atoms with Gasteiger partial charge in [0.2, 0.25) is 0 Å². The lowest BCUT2D eigenvalue weighted by Gasteiger charge is -2.06. The maximum absolute atomic E-state index is 9.67. The standard InChI is InChI=1S/C17H15NO/c1-11-3-5-13(6-4-11)14-7-8-15-10-17(19)12(2)18-16(15)9-14/h3-10,19H,1-2H3. The van der Waals surface area contributed by atoms with Gasteiger partial charge in [0.15, 0.2) is 0 Å². The van der Waals surface area contributed by atoms with E-state index in [1.807, 2.05) is 13.0 Å². The van der Waals surface area contributed by atoms with Crippen molar-refractivity contribution in [2.24, 2.45) is 0 Å². The minimum atomic E-state index is 0.246. The van der Waals surface area contributed by atoms with Crippen molar-refractivity contribution in [3.63, 3.8) is 0 Å². The molecule has 0 atom stereocenters. The van der Waals surface area contributed by atoms with Gasteiger partial charge in [-0.1, -0.05) is 42.0 Å². The van der Waals surface area contributed by atoms with Crippen LogP contribution in [0, 0.1) is 13.8 Å². The van der Waals surface area contributed by atoms with Crippen molar-refractivity contribution < 1.29 is 5.11 Å². The summed E-state index contributed by atoms with van der Waals surface area (Å²) < 4.78 is 0. The molecule has 0 bridgehead atoms. The van der Waals surface area contributed by atoms with Crippen molar-refractivity contribution in [3.8, 4) is 16.9 Å². The highest BCUT2D eigenvalue weighted by atomic mass is 16.3. The number of aromatic nitrogens is 1. The zero-order valence-electron chi connectivity index (χ0n) is 11.0. The van der Waals surface area contributed by atoms with E-state index in [-0.39, 0.29) is 5.75 Å². The Balaban J connectivity index is 2.16. The SMILES string of the molecule is Cc1ccc(-c2ccc3cc(O)c(C)nc3c2)cc1. The topological polar surface area (TPSA) is 33.1 Å². The van der Waals surface area contributed by atoms with Crippen molar-refractivity contribution in [1.82, 2.24) is 4.98 Å². The first kappa shape index (κ1) is 11.7. The summed E-state index contributed by atoms with van der Waals surface area (Å²) in [5.41, 5.74) is 5.15. The summed E-state index contributed by atoms with van der Waals surface area (Å²) in [6, 6.07) is 16.3. The van der Waals surface area contributed by atoms with Gasteiger partial charge in [0.1, 0.15) is 5.75 Å². The van der Waals surface area contributed by atoms with Crippen molar-refractivity contribution in [2.75, 3.05) is 0 Å². The van der Waals surface area contributed by atoms with E-state index >= 15 is 0 Å². The first-order chi connectivity index (χ1) is 9.13. The third-order valence-corrected chi connectivity index (χ3v) is 3.37. The molecule has 2 aromatic carbocycles. The average molecular weight is 249 g/mol. The number of nitrogens with zero attached hydrogens (tertiary/aromatic N) is 1. The fourth-order valence-electron chi connectivity index (χ4n) is 2.18. The van der Waals surface area contributed by atoms with E-state index in [9.17, 15) is 5.11 Å². The van der Waals surface area contributed by atoms with Gasteiger partial charge in [-0.3, -0.25) is 0 Å². The van der Waals surface area contributed by atoms with Gasteiger partial charge >= 0.3 is 0 Å². The molecule has 0 aliphatic heterocycles. The summed E-state index contributed by atoms with van der Waals surface area (Å²) in [4.78, 5) is 4.43. The molecule has 0 spiro atoms.